The van der Waals surface area contributed by atoms with Crippen LogP contribution in [0.2, 0.25) is 0 Å². The smallest absolute Gasteiger partial charge is 0.347 e. The molecular formula is C7H10N4+2. The van der Waals surface area contributed by atoms with Crippen molar-refractivity contribution in [2.75, 3.05) is 0 Å². The molecule has 0 aliphatic heterocycles. The Morgan fingerprint density at radius 2 is 2.55 bits per heavy atom. The average Bonchev–Trinajstić information content (AvgIpc) is 2.46. The Hall–Kier alpha value is -1.42. The molecule has 0 aromatic carbocycles. The summed E-state index contributed by atoms with van der Waals surface area (Å²) in [5.74, 6) is 0.919. The van der Waals surface area contributed by atoms with Crippen LogP contribution >= 0.6 is 0 Å². The topological polar surface area (TPSA) is 70.5 Å². The van der Waals surface area contributed by atoms with Crippen LogP contribution in [0.25, 0.3) is 11.2 Å². The highest BCUT2D eigenvalue weighted by Gasteiger charge is 2.09. The molecule has 0 amide bonds. The maximum Gasteiger partial charge on any atom is 0.347 e. The second-order valence-corrected chi connectivity index (χ2v) is 2.37. The van der Waals surface area contributed by atoms with E-state index >= 15 is 0 Å². The summed E-state index contributed by atoms with van der Waals surface area (Å²) in [6.45, 7) is 0.697. The van der Waals surface area contributed by atoms with E-state index in [1.165, 1.54) is 0 Å². The Morgan fingerprint density at radius 1 is 1.64 bits per heavy atom. The quantitative estimate of drug-likeness (QED) is 0.544. The molecule has 0 aliphatic carbocycles. The number of quaternary nitrogens is 1. The van der Waals surface area contributed by atoms with Gasteiger partial charge < -0.3 is 10.7 Å². The molecule has 0 saturated heterocycles. The van der Waals surface area contributed by atoms with Crippen molar-refractivity contribution in [1.82, 2.24) is 9.97 Å². The molecular weight excluding hydrogens is 140 g/mol. The fourth-order valence-corrected chi connectivity index (χ4v) is 1.06. The standard InChI is InChI=1S/C7H8N4/c8-4-6-10-5-2-1-3-9-7(5)11-6/h1-3H,4,8H2,(H,9,10,11)/p+2. The normalized spacial score (nSPS) is 10.6. The van der Waals surface area contributed by atoms with Crippen molar-refractivity contribution in [2.45, 2.75) is 6.54 Å². The van der Waals surface area contributed by atoms with E-state index < -0.39 is 0 Å². The summed E-state index contributed by atoms with van der Waals surface area (Å²) in [5, 5.41) is 0. The lowest BCUT2D eigenvalue weighted by Gasteiger charge is -1.76. The molecule has 0 spiro atoms. The van der Waals surface area contributed by atoms with E-state index in [1.807, 2.05) is 18.3 Å². The minimum Gasteiger partial charge on any atom is -0.349 e. The van der Waals surface area contributed by atoms with Crippen molar-refractivity contribution in [3.05, 3.63) is 24.2 Å². The van der Waals surface area contributed by atoms with Gasteiger partial charge >= 0.3 is 5.65 Å². The maximum absolute atomic E-state index is 4.26. The number of hydrogen-bond donors (Lipinski definition) is 2. The van der Waals surface area contributed by atoms with Gasteiger partial charge in [0.1, 0.15) is 5.52 Å². The molecule has 0 saturated carbocycles. The van der Waals surface area contributed by atoms with Gasteiger partial charge in [0.15, 0.2) is 6.54 Å². The third-order valence-corrected chi connectivity index (χ3v) is 1.60. The maximum atomic E-state index is 4.26. The lowest BCUT2D eigenvalue weighted by atomic mass is 10.4. The van der Waals surface area contributed by atoms with Crippen LogP contribution in [0.4, 0.5) is 0 Å². The number of fused-ring (bicyclic) bond motifs is 1. The first-order valence-electron chi connectivity index (χ1n) is 3.54. The number of pyridine rings is 1. The van der Waals surface area contributed by atoms with Crippen molar-refractivity contribution in [2.24, 2.45) is 0 Å². The van der Waals surface area contributed by atoms with Gasteiger partial charge in [-0.05, 0) is 17.1 Å². The molecule has 56 valence electrons. The first-order valence-corrected chi connectivity index (χ1v) is 3.54. The zero-order valence-electron chi connectivity index (χ0n) is 6.09. The van der Waals surface area contributed by atoms with Crippen molar-refractivity contribution >= 4 is 11.2 Å². The highest BCUT2D eigenvalue weighted by molar-refractivity contribution is 5.66. The van der Waals surface area contributed by atoms with E-state index in [-0.39, 0.29) is 0 Å². The van der Waals surface area contributed by atoms with Gasteiger partial charge in [-0.3, -0.25) is 0 Å². The van der Waals surface area contributed by atoms with E-state index in [0.717, 1.165) is 17.0 Å². The zero-order valence-corrected chi connectivity index (χ0v) is 6.09. The third kappa shape index (κ3) is 0.969. The Morgan fingerprint density at radius 3 is 3.27 bits per heavy atom. The molecule has 4 nitrogen and oxygen atoms in total. The Bertz CT molecular complexity index is 332. The Labute approximate surface area is 63.5 Å². The molecule has 0 unspecified atom stereocenters. The van der Waals surface area contributed by atoms with Gasteiger partial charge in [-0.2, -0.15) is 0 Å². The van der Waals surface area contributed by atoms with Crippen LogP contribution in [0.3, 0.4) is 0 Å². The number of aromatic nitrogens is 3. The van der Waals surface area contributed by atoms with E-state index in [0.29, 0.717) is 6.54 Å². The molecule has 5 N–H and O–H groups in total. The molecule has 0 fully saturated rings. The van der Waals surface area contributed by atoms with Crippen LogP contribution < -0.4 is 10.7 Å². The molecule has 2 aromatic heterocycles. The minimum atomic E-state index is 0.697. The van der Waals surface area contributed by atoms with Gasteiger partial charge in [-0.1, -0.05) is 0 Å². The van der Waals surface area contributed by atoms with Crippen LogP contribution in [-0.2, 0) is 6.54 Å². The molecule has 0 bridgehead atoms. The van der Waals surface area contributed by atoms with Crippen LogP contribution in [0.15, 0.2) is 18.3 Å². The SMILES string of the molecule is [NH3+]Cc1nc2[nH+]cccc2[nH]1. The number of nitrogens with one attached hydrogen (secondary N) is 2. The molecule has 0 aliphatic rings. The van der Waals surface area contributed by atoms with E-state index in [1.54, 1.807) is 0 Å². The zero-order chi connectivity index (χ0) is 7.68. The molecule has 0 radical (unpaired) electrons. The fraction of sp³-hybridized carbons (Fsp3) is 0.143. The van der Waals surface area contributed by atoms with Gasteiger partial charge in [-0.15, -0.1) is 0 Å². The predicted molar refractivity (Wildman–Crippen MR) is 39.2 cm³/mol. The number of nitrogens with zero attached hydrogens (tertiary/aromatic N) is 1. The summed E-state index contributed by atoms with van der Waals surface area (Å²) in [6.07, 6.45) is 1.86. The van der Waals surface area contributed by atoms with Crippen LogP contribution in [0, 0.1) is 0 Å². The van der Waals surface area contributed by atoms with Crippen LogP contribution in [0.5, 0.6) is 0 Å². The summed E-state index contributed by atoms with van der Waals surface area (Å²) in [5.41, 5.74) is 5.67. The highest BCUT2D eigenvalue weighted by Crippen LogP contribution is 2.02. The minimum absolute atomic E-state index is 0.697. The first-order chi connectivity index (χ1) is 5.40. The largest absolute Gasteiger partial charge is 0.349 e. The Kier molecular flexibility index (Phi) is 1.33. The third-order valence-electron chi connectivity index (χ3n) is 1.60. The lowest BCUT2D eigenvalue weighted by molar-refractivity contribution is -0.388. The van der Waals surface area contributed by atoms with E-state index in [4.69, 9.17) is 0 Å². The summed E-state index contributed by atoms with van der Waals surface area (Å²) >= 11 is 0. The summed E-state index contributed by atoms with van der Waals surface area (Å²) in [6, 6.07) is 3.92. The van der Waals surface area contributed by atoms with Crippen molar-refractivity contribution in [3.8, 4) is 0 Å². The first kappa shape index (κ1) is 6.30. The van der Waals surface area contributed by atoms with Gasteiger partial charge in [-0.25, -0.2) is 4.98 Å². The van der Waals surface area contributed by atoms with Crippen LogP contribution in [-0.4, -0.2) is 9.97 Å². The predicted octanol–water partition coefficient (Wildman–Crippen LogP) is -0.881. The average molecular weight is 150 g/mol. The van der Waals surface area contributed by atoms with Gasteiger partial charge in [0, 0.05) is 0 Å². The lowest BCUT2D eigenvalue weighted by Crippen LogP contribution is -2.47. The van der Waals surface area contributed by atoms with Crippen molar-refractivity contribution < 1.29 is 10.7 Å². The molecule has 2 rings (SSSR count). The second kappa shape index (κ2) is 2.32. The number of rotatable bonds is 1. The van der Waals surface area contributed by atoms with E-state index in [9.17, 15) is 0 Å². The van der Waals surface area contributed by atoms with Gasteiger partial charge in [0.25, 0.3) is 5.82 Å². The van der Waals surface area contributed by atoms with E-state index in [2.05, 4.69) is 20.7 Å². The highest BCUT2D eigenvalue weighted by atomic mass is 15.0. The summed E-state index contributed by atoms with van der Waals surface area (Å²) in [4.78, 5) is 10.4. The molecule has 0 atom stereocenters. The van der Waals surface area contributed by atoms with Crippen molar-refractivity contribution in [1.29, 1.82) is 0 Å². The molecule has 11 heavy (non-hydrogen) atoms. The fourth-order valence-electron chi connectivity index (χ4n) is 1.06. The summed E-state index contributed by atoms with van der Waals surface area (Å²) in [7, 11) is 0. The second-order valence-electron chi connectivity index (χ2n) is 2.37. The number of imidazole rings is 1. The monoisotopic (exact) mass is 150 g/mol. The van der Waals surface area contributed by atoms with Crippen molar-refractivity contribution in [3.63, 3.8) is 0 Å². The summed E-state index contributed by atoms with van der Waals surface area (Å²) < 4.78 is 0. The molecule has 2 aromatic rings. The number of aromatic amines is 2. The molecule has 2 heterocycles. The van der Waals surface area contributed by atoms with Crippen LogP contribution in [0.1, 0.15) is 5.82 Å². The number of hydrogen-bond acceptors (Lipinski definition) is 1. The Balaban J connectivity index is 2.69. The van der Waals surface area contributed by atoms with Gasteiger partial charge in [0.2, 0.25) is 0 Å². The molecule has 4 heteroatoms. The number of H-pyrrole nitrogens is 2. The van der Waals surface area contributed by atoms with Gasteiger partial charge in [0.05, 0.1) is 6.20 Å².